The third kappa shape index (κ3) is 1.94. The molecule has 3 aromatic heterocycles. The Kier molecular flexibility index (Phi) is 2.82. The van der Waals surface area contributed by atoms with Gasteiger partial charge in [-0.2, -0.15) is 10.2 Å². The molecule has 0 saturated carbocycles. The Bertz CT molecular complexity index is 1310. The third-order valence-electron chi connectivity index (χ3n) is 4.84. The van der Waals surface area contributed by atoms with E-state index in [9.17, 15) is 4.79 Å². The summed E-state index contributed by atoms with van der Waals surface area (Å²) >= 11 is 0. The van der Waals surface area contributed by atoms with Gasteiger partial charge in [-0.3, -0.25) is 9.89 Å². The van der Waals surface area contributed by atoms with Crippen LogP contribution < -0.4 is 5.56 Å². The molecular formula is C19H15N5O. The van der Waals surface area contributed by atoms with Gasteiger partial charge in [-0.05, 0) is 17.7 Å². The maximum atomic E-state index is 12.4. The largest absolute Gasteiger partial charge is 0.339 e. The van der Waals surface area contributed by atoms with E-state index < -0.39 is 0 Å². The van der Waals surface area contributed by atoms with Gasteiger partial charge >= 0.3 is 0 Å². The van der Waals surface area contributed by atoms with Gasteiger partial charge in [0.25, 0.3) is 5.56 Å². The smallest absolute Gasteiger partial charge is 0.288 e. The Balaban J connectivity index is 1.82. The number of H-pyrrole nitrogens is 2. The zero-order chi connectivity index (χ0) is 17.0. The van der Waals surface area contributed by atoms with Gasteiger partial charge in [-0.25, -0.2) is 5.10 Å². The summed E-state index contributed by atoms with van der Waals surface area (Å²) in [5.41, 5.74) is 4.50. The summed E-state index contributed by atoms with van der Waals surface area (Å²) < 4.78 is 1.94. The molecule has 122 valence electrons. The van der Waals surface area contributed by atoms with Crippen LogP contribution in [0.4, 0.5) is 0 Å². The van der Waals surface area contributed by atoms with E-state index in [1.807, 2.05) is 54.2 Å². The SMILES string of the molecule is Cn1c2ccccc2c2c(Cc3cccc4[nH]ncc34)n[nH]c(=O)c21. The van der Waals surface area contributed by atoms with E-state index in [-0.39, 0.29) is 5.56 Å². The van der Waals surface area contributed by atoms with Crippen LogP contribution in [0.2, 0.25) is 0 Å². The molecule has 0 unspecified atom stereocenters. The summed E-state index contributed by atoms with van der Waals surface area (Å²) in [5, 5.41) is 17.2. The number of hydrogen-bond acceptors (Lipinski definition) is 3. The lowest BCUT2D eigenvalue weighted by Gasteiger charge is -2.05. The van der Waals surface area contributed by atoms with E-state index in [4.69, 9.17) is 0 Å². The summed E-state index contributed by atoms with van der Waals surface area (Å²) in [6, 6.07) is 14.1. The van der Waals surface area contributed by atoms with Crippen molar-refractivity contribution in [1.82, 2.24) is 25.0 Å². The minimum atomic E-state index is -0.168. The van der Waals surface area contributed by atoms with Gasteiger partial charge in [0.2, 0.25) is 0 Å². The molecule has 0 saturated heterocycles. The first kappa shape index (κ1) is 14.0. The van der Waals surface area contributed by atoms with Crippen molar-refractivity contribution >= 4 is 32.7 Å². The lowest BCUT2D eigenvalue weighted by atomic mass is 10.0. The fourth-order valence-corrected chi connectivity index (χ4v) is 3.67. The maximum absolute atomic E-state index is 12.4. The van der Waals surface area contributed by atoms with Crippen LogP contribution in [0.25, 0.3) is 32.7 Å². The van der Waals surface area contributed by atoms with Gasteiger partial charge in [-0.1, -0.05) is 30.3 Å². The second kappa shape index (κ2) is 5.04. The van der Waals surface area contributed by atoms with Crippen LogP contribution in [0.5, 0.6) is 0 Å². The molecule has 25 heavy (non-hydrogen) atoms. The molecule has 0 aliphatic heterocycles. The monoisotopic (exact) mass is 329 g/mol. The zero-order valence-electron chi connectivity index (χ0n) is 13.6. The van der Waals surface area contributed by atoms with Crippen molar-refractivity contribution in [2.24, 2.45) is 7.05 Å². The first-order chi connectivity index (χ1) is 12.2. The van der Waals surface area contributed by atoms with E-state index in [0.717, 1.165) is 38.4 Å². The molecule has 0 radical (unpaired) electrons. The van der Waals surface area contributed by atoms with Crippen molar-refractivity contribution in [1.29, 1.82) is 0 Å². The Morgan fingerprint density at radius 1 is 1.04 bits per heavy atom. The molecule has 2 N–H and O–H groups in total. The number of nitrogens with one attached hydrogen (secondary N) is 2. The number of aromatic amines is 2. The van der Waals surface area contributed by atoms with E-state index in [1.54, 1.807) is 0 Å². The molecule has 0 atom stereocenters. The van der Waals surface area contributed by atoms with Gasteiger partial charge in [-0.15, -0.1) is 0 Å². The molecule has 3 heterocycles. The average Bonchev–Trinajstić information content (AvgIpc) is 3.22. The molecule has 6 heteroatoms. The zero-order valence-corrected chi connectivity index (χ0v) is 13.6. The predicted octanol–water partition coefficient (Wildman–Crippen LogP) is 2.88. The van der Waals surface area contributed by atoms with Crippen LogP contribution in [0.15, 0.2) is 53.5 Å². The average molecular weight is 329 g/mol. The van der Waals surface area contributed by atoms with Gasteiger partial charge in [0.1, 0.15) is 5.52 Å². The molecule has 0 fully saturated rings. The minimum Gasteiger partial charge on any atom is -0.339 e. The van der Waals surface area contributed by atoms with E-state index in [1.165, 1.54) is 0 Å². The Hall–Kier alpha value is -3.41. The first-order valence-corrected chi connectivity index (χ1v) is 8.09. The Morgan fingerprint density at radius 2 is 1.92 bits per heavy atom. The van der Waals surface area contributed by atoms with Gasteiger partial charge in [0, 0.05) is 35.1 Å². The molecular weight excluding hydrogens is 314 g/mol. The van der Waals surface area contributed by atoms with E-state index in [2.05, 4.69) is 26.5 Å². The number of aryl methyl sites for hydroxylation is 1. The molecule has 0 aliphatic rings. The summed E-state index contributed by atoms with van der Waals surface area (Å²) in [7, 11) is 1.92. The standard InChI is InChI=1S/C19H15N5O/c1-24-16-8-3-2-6-12(16)17-15(22-23-19(25)18(17)24)9-11-5-4-7-14-13(11)10-20-21-14/h2-8,10H,9H2,1H3,(H,20,21)(H,23,25). The highest BCUT2D eigenvalue weighted by Crippen LogP contribution is 2.29. The van der Waals surface area contributed by atoms with Crippen molar-refractivity contribution in [3.05, 3.63) is 70.3 Å². The fraction of sp³-hybridized carbons (Fsp3) is 0.105. The van der Waals surface area contributed by atoms with Crippen molar-refractivity contribution in [3.63, 3.8) is 0 Å². The van der Waals surface area contributed by atoms with E-state index >= 15 is 0 Å². The van der Waals surface area contributed by atoms with Crippen LogP contribution >= 0.6 is 0 Å². The Morgan fingerprint density at radius 3 is 2.84 bits per heavy atom. The highest BCUT2D eigenvalue weighted by atomic mass is 16.1. The second-order valence-corrected chi connectivity index (χ2v) is 6.22. The molecule has 0 spiro atoms. The Labute approximate surface area is 142 Å². The fourth-order valence-electron chi connectivity index (χ4n) is 3.67. The minimum absolute atomic E-state index is 0.168. The van der Waals surface area contributed by atoms with Crippen LogP contribution in [-0.2, 0) is 13.5 Å². The van der Waals surface area contributed by atoms with Crippen molar-refractivity contribution in [2.75, 3.05) is 0 Å². The summed E-state index contributed by atoms with van der Waals surface area (Å²) in [4.78, 5) is 12.4. The number of para-hydroxylation sites is 1. The van der Waals surface area contributed by atoms with Crippen LogP contribution in [-0.4, -0.2) is 25.0 Å². The topological polar surface area (TPSA) is 79.4 Å². The number of nitrogens with zero attached hydrogens (tertiary/aromatic N) is 3. The number of benzene rings is 2. The van der Waals surface area contributed by atoms with Crippen molar-refractivity contribution in [3.8, 4) is 0 Å². The van der Waals surface area contributed by atoms with Gasteiger partial charge in [0.15, 0.2) is 0 Å². The van der Waals surface area contributed by atoms with E-state index in [0.29, 0.717) is 11.9 Å². The molecule has 5 rings (SSSR count). The highest BCUT2D eigenvalue weighted by Gasteiger charge is 2.17. The number of aromatic nitrogens is 5. The summed E-state index contributed by atoms with van der Waals surface area (Å²) in [6.07, 6.45) is 2.45. The third-order valence-corrected chi connectivity index (χ3v) is 4.84. The molecule has 2 aromatic carbocycles. The predicted molar refractivity (Wildman–Crippen MR) is 97.7 cm³/mol. The summed E-state index contributed by atoms with van der Waals surface area (Å²) in [6.45, 7) is 0. The molecule has 0 amide bonds. The van der Waals surface area contributed by atoms with Crippen molar-refractivity contribution < 1.29 is 0 Å². The maximum Gasteiger partial charge on any atom is 0.288 e. The number of fused-ring (bicyclic) bond motifs is 4. The molecule has 0 aliphatic carbocycles. The first-order valence-electron chi connectivity index (χ1n) is 8.09. The quantitative estimate of drug-likeness (QED) is 0.523. The lowest BCUT2D eigenvalue weighted by Crippen LogP contribution is -2.13. The van der Waals surface area contributed by atoms with Gasteiger partial charge < -0.3 is 4.57 Å². The molecule has 0 bridgehead atoms. The normalized spacial score (nSPS) is 11.7. The van der Waals surface area contributed by atoms with Crippen molar-refractivity contribution in [2.45, 2.75) is 6.42 Å². The lowest BCUT2D eigenvalue weighted by molar-refractivity contribution is 0.915. The number of rotatable bonds is 2. The highest BCUT2D eigenvalue weighted by molar-refractivity contribution is 6.09. The summed E-state index contributed by atoms with van der Waals surface area (Å²) in [5.74, 6) is 0. The second-order valence-electron chi connectivity index (χ2n) is 6.22. The van der Waals surface area contributed by atoms with Gasteiger partial charge in [0.05, 0.1) is 17.4 Å². The molecule has 6 nitrogen and oxygen atoms in total. The van der Waals surface area contributed by atoms with Crippen LogP contribution in [0, 0.1) is 0 Å². The number of hydrogen-bond donors (Lipinski definition) is 2. The van der Waals surface area contributed by atoms with Crippen LogP contribution in [0.1, 0.15) is 11.3 Å². The van der Waals surface area contributed by atoms with Crippen LogP contribution in [0.3, 0.4) is 0 Å². The molecule has 5 aromatic rings.